The van der Waals surface area contributed by atoms with E-state index >= 15 is 0 Å². The molecule has 2 rings (SSSR count). The van der Waals surface area contributed by atoms with Crippen LogP contribution in [-0.4, -0.2) is 14.2 Å². The first-order chi connectivity index (χ1) is 10.2. The molecule has 3 nitrogen and oxygen atoms in total. The summed E-state index contributed by atoms with van der Waals surface area (Å²) in [5, 5.41) is 3.08. The summed E-state index contributed by atoms with van der Waals surface area (Å²) in [6.45, 7) is 1.02. The first-order valence-corrected chi connectivity index (χ1v) is 7.32. The molecule has 0 aliphatic carbocycles. The Hall–Kier alpha value is -1.59. The van der Waals surface area contributed by atoms with E-state index in [4.69, 9.17) is 9.47 Å². The Morgan fingerprint density at radius 2 is 2.00 bits per heavy atom. The van der Waals surface area contributed by atoms with Crippen molar-refractivity contribution in [3.05, 3.63) is 57.8 Å². The summed E-state index contributed by atoms with van der Waals surface area (Å²) in [5.74, 6) is 0.997. The smallest absolute Gasteiger partial charge is 0.161 e. The van der Waals surface area contributed by atoms with Crippen molar-refractivity contribution in [1.29, 1.82) is 0 Å². The highest BCUT2D eigenvalue weighted by atomic mass is 79.9. The van der Waals surface area contributed by atoms with Gasteiger partial charge in [0.05, 0.1) is 11.6 Å². The Balaban J connectivity index is 2.14. The van der Waals surface area contributed by atoms with E-state index < -0.39 is 0 Å². The van der Waals surface area contributed by atoms with Gasteiger partial charge in [-0.15, -0.1) is 0 Å². The normalized spacial score (nSPS) is 10.5. The Kier molecular flexibility index (Phi) is 5.59. The molecule has 2 aromatic rings. The minimum absolute atomic E-state index is 0.264. The van der Waals surface area contributed by atoms with E-state index in [0.29, 0.717) is 16.0 Å². The molecule has 0 saturated carbocycles. The second kappa shape index (κ2) is 7.43. The maximum Gasteiger partial charge on any atom is 0.161 e. The molecule has 0 unspecified atom stereocenters. The van der Waals surface area contributed by atoms with Crippen LogP contribution in [0.2, 0.25) is 0 Å². The highest BCUT2D eigenvalue weighted by Crippen LogP contribution is 2.30. The van der Waals surface area contributed by atoms with Gasteiger partial charge in [-0.1, -0.05) is 18.2 Å². The minimum Gasteiger partial charge on any atom is -0.493 e. The maximum absolute atomic E-state index is 13.5. The van der Waals surface area contributed by atoms with Crippen LogP contribution in [0.15, 0.2) is 40.9 Å². The van der Waals surface area contributed by atoms with E-state index in [1.54, 1.807) is 13.2 Å². The predicted molar refractivity (Wildman–Crippen MR) is 84.2 cm³/mol. The fourth-order valence-corrected chi connectivity index (χ4v) is 2.34. The highest BCUT2D eigenvalue weighted by Gasteiger charge is 2.09. The zero-order chi connectivity index (χ0) is 15.2. The average Bonchev–Trinajstić information content (AvgIpc) is 2.50. The van der Waals surface area contributed by atoms with E-state index in [0.717, 1.165) is 17.7 Å². The van der Waals surface area contributed by atoms with E-state index in [1.807, 2.05) is 31.3 Å². The Labute approximate surface area is 132 Å². The summed E-state index contributed by atoms with van der Waals surface area (Å²) in [5.41, 5.74) is 1.85. The third-order valence-corrected chi connectivity index (χ3v) is 3.91. The van der Waals surface area contributed by atoms with Gasteiger partial charge >= 0.3 is 0 Å². The van der Waals surface area contributed by atoms with Crippen molar-refractivity contribution in [2.75, 3.05) is 14.2 Å². The molecule has 0 fully saturated rings. The molecule has 0 saturated heterocycles. The summed E-state index contributed by atoms with van der Waals surface area (Å²) >= 11 is 3.23. The van der Waals surface area contributed by atoms with Gasteiger partial charge < -0.3 is 14.8 Å². The minimum atomic E-state index is -0.299. The van der Waals surface area contributed by atoms with Crippen LogP contribution < -0.4 is 14.8 Å². The number of halogens is 2. The molecular formula is C16H17BrFNO2. The average molecular weight is 354 g/mol. The highest BCUT2D eigenvalue weighted by molar-refractivity contribution is 9.10. The van der Waals surface area contributed by atoms with Gasteiger partial charge in [0.15, 0.2) is 11.5 Å². The molecule has 21 heavy (non-hydrogen) atoms. The van der Waals surface area contributed by atoms with Gasteiger partial charge in [0.1, 0.15) is 12.4 Å². The molecule has 0 radical (unpaired) electrons. The second-order valence-corrected chi connectivity index (χ2v) is 5.31. The first-order valence-electron chi connectivity index (χ1n) is 6.53. The topological polar surface area (TPSA) is 30.5 Å². The number of benzene rings is 2. The maximum atomic E-state index is 13.5. The molecule has 0 heterocycles. The largest absolute Gasteiger partial charge is 0.493 e. The molecule has 2 aromatic carbocycles. The van der Waals surface area contributed by atoms with Crippen molar-refractivity contribution in [3.8, 4) is 11.5 Å². The molecule has 0 aromatic heterocycles. The van der Waals surface area contributed by atoms with Crippen LogP contribution in [0.5, 0.6) is 11.5 Å². The van der Waals surface area contributed by atoms with Crippen molar-refractivity contribution < 1.29 is 13.9 Å². The van der Waals surface area contributed by atoms with Crippen molar-refractivity contribution in [1.82, 2.24) is 5.32 Å². The summed E-state index contributed by atoms with van der Waals surface area (Å²) < 4.78 is 25.0. The SMILES string of the molecule is CNCc1ccc(OCc2cccc(F)c2Br)c(OC)c1. The van der Waals surface area contributed by atoms with Crippen molar-refractivity contribution in [2.24, 2.45) is 0 Å². The zero-order valence-electron chi connectivity index (χ0n) is 12.0. The predicted octanol–water partition coefficient (Wildman–Crippen LogP) is 3.90. The summed E-state index contributed by atoms with van der Waals surface area (Å²) in [6.07, 6.45) is 0. The van der Waals surface area contributed by atoms with Gasteiger partial charge in [-0.25, -0.2) is 4.39 Å². The summed E-state index contributed by atoms with van der Waals surface area (Å²) in [7, 11) is 3.49. The Morgan fingerprint density at radius 3 is 2.71 bits per heavy atom. The second-order valence-electron chi connectivity index (χ2n) is 4.52. The van der Waals surface area contributed by atoms with Crippen LogP contribution in [0.4, 0.5) is 4.39 Å². The summed E-state index contributed by atoms with van der Waals surface area (Å²) in [6, 6.07) is 10.6. The molecular weight excluding hydrogens is 337 g/mol. The number of hydrogen-bond acceptors (Lipinski definition) is 3. The van der Waals surface area contributed by atoms with Crippen molar-refractivity contribution in [3.63, 3.8) is 0 Å². The lowest BCUT2D eigenvalue weighted by Gasteiger charge is -2.13. The number of nitrogens with one attached hydrogen (secondary N) is 1. The molecule has 112 valence electrons. The molecule has 0 atom stereocenters. The van der Waals surface area contributed by atoms with Gasteiger partial charge in [0.25, 0.3) is 0 Å². The number of ether oxygens (including phenoxy) is 2. The van der Waals surface area contributed by atoms with Gasteiger partial charge in [-0.2, -0.15) is 0 Å². The zero-order valence-corrected chi connectivity index (χ0v) is 13.5. The van der Waals surface area contributed by atoms with Crippen molar-refractivity contribution in [2.45, 2.75) is 13.2 Å². The molecule has 1 N–H and O–H groups in total. The van der Waals surface area contributed by atoms with Crippen molar-refractivity contribution >= 4 is 15.9 Å². The van der Waals surface area contributed by atoms with Gasteiger partial charge in [0, 0.05) is 12.1 Å². The fraction of sp³-hybridized carbons (Fsp3) is 0.250. The van der Waals surface area contributed by atoms with E-state index in [2.05, 4.69) is 21.2 Å². The number of rotatable bonds is 6. The van der Waals surface area contributed by atoms with E-state index in [-0.39, 0.29) is 12.4 Å². The van der Waals surface area contributed by atoms with Crippen LogP contribution >= 0.6 is 15.9 Å². The van der Waals surface area contributed by atoms with Gasteiger partial charge in [0.2, 0.25) is 0 Å². The lowest BCUT2D eigenvalue weighted by atomic mass is 10.2. The third-order valence-electron chi connectivity index (χ3n) is 3.02. The first kappa shape index (κ1) is 15.8. The van der Waals surface area contributed by atoms with Gasteiger partial charge in [-0.3, -0.25) is 0 Å². The van der Waals surface area contributed by atoms with Crippen LogP contribution in [0, 0.1) is 5.82 Å². The standard InChI is InChI=1S/C16H17BrFNO2/c1-19-9-11-6-7-14(15(8-11)20-2)21-10-12-4-3-5-13(18)16(12)17/h3-8,19H,9-10H2,1-2H3. The van der Waals surface area contributed by atoms with Crippen LogP contribution in [0.25, 0.3) is 0 Å². The molecule has 0 aliphatic rings. The van der Waals surface area contributed by atoms with E-state index in [9.17, 15) is 4.39 Å². The van der Waals surface area contributed by atoms with Crippen LogP contribution in [0.1, 0.15) is 11.1 Å². The monoisotopic (exact) mass is 353 g/mol. The molecule has 0 spiro atoms. The lowest BCUT2D eigenvalue weighted by Crippen LogP contribution is -2.05. The lowest BCUT2D eigenvalue weighted by molar-refractivity contribution is 0.283. The molecule has 0 amide bonds. The third kappa shape index (κ3) is 3.95. The fourth-order valence-electron chi connectivity index (χ4n) is 1.96. The molecule has 0 aliphatic heterocycles. The Bertz CT molecular complexity index is 619. The quantitative estimate of drug-likeness (QED) is 0.854. The van der Waals surface area contributed by atoms with E-state index in [1.165, 1.54) is 6.07 Å². The Morgan fingerprint density at radius 1 is 1.19 bits per heavy atom. The summed E-state index contributed by atoms with van der Waals surface area (Å²) in [4.78, 5) is 0. The molecule has 5 heteroatoms. The molecule has 0 bridgehead atoms. The van der Waals surface area contributed by atoms with Gasteiger partial charge in [-0.05, 0) is 46.7 Å². The van der Waals surface area contributed by atoms with Crippen LogP contribution in [-0.2, 0) is 13.2 Å². The van der Waals surface area contributed by atoms with Crippen LogP contribution in [0.3, 0.4) is 0 Å². The number of hydrogen-bond donors (Lipinski definition) is 1. The number of methoxy groups -OCH3 is 1.